The van der Waals surface area contributed by atoms with Gasteiger partial charge in [-0.25, -0.2) is 0 Å². The van der Waals surface area contributed by atoms with Crippen molar-refractivity contribution in [2.75, 3.05) is 19.6 Å². The highest BCUT2D eigenvalue weighted by molar-refractivity contribution is 6.30. The van der Waals surface area contributed by atoms with Crippen LogP contribution in [0.1, 0.15) is 53.9 Å². The van der Waals surface area contributed by atoms with Gasteiger partial charge < -0.3 is 4.90 Å². The van der Waals surface area contributed by atoms with Gasteiger partial charge in [0.05, 0.1) is 25.6 Å². The highest BCUT2D eigenvalue weighted by Gasteiger charge is 2.24. The number of benzene rings is 2. The summed E-state index contributed by atoms with van der Waals surface area (Å²) in [4.78, 5) is 14.8. The van der Waals surface area contributed by atoms with Crippen molar-refractivity contribution in [2.24, 2.45) is 0 Å². The molecule has 3 heteroatoms. The van der Waals surface area contributed by atoms with Gasteiger partial charge in [-0.15, -0.1) is 0 Å². The lowest BCUT2D eigenvalue weighted by Crippen LogP contribution is -3.11. The minimum atomic E-state index is -0.0712. The van der Waals surface area contributed by atoms with E-state index in [4.69, 9.17) is 11.6 Å². The number of carbonyl (C=O) groups excluding carboxylic acids is 1. The summed E-state index contributed by atoms with van der Waals surface area (Å²) in [6.07, 6.45) is 6.25. The topological polar surface area (TPSA) is 21.5 Å². The predicted molar refractivity (Wildman–Crippen MR) is 104 cm³/mol. The molecular weight excluding hydrogens is 330 g/mol. The van der Waals surface area contributed by atoms with Crippen LogP contribution in [0.2, 0.25) is 5.02 Å². The maximum atomic E-state index is 13.1. The zero-order valence-corrected chi connectivity index (χ0v) is 15.5. The second-order valence-electron chi connectivity index (χ2n) is 7.04. The van der Waals surface area contributed by atoms with E-state index in [-0.39, 0.29) is 11.7 Å². The van der Waals surface area contributed by atoms with Crippen LogP contribution in [0.25, 0.3) is 0 Å². The number of hydrogen-bond donors (Lipinski definition) is 1. The predicted octanol–water partition coefficient (Wildman–Crippen LogP) is 4.16. The van der Waals surface area contributed by atoms with Crippen molar-refractivity contribution < 1.29 is 9.69 Å². The maximum absolute atomic E-state index is 13.1. The van der Waals surface area contributed by atoms with Crippen LogP contribution in [0.3, 0.4) is 0 Å². The largest absolute Gasteiger partial charge is 0.335 e. The molecule has 0 amide bonds. The summed E-state index contributed by atoms with van der Waals surface area (Å²) in [6.45, 7) is 3.56. The number of likely N-dealkylation sites (tertiary alicyclic amines) is 1. The molecule has 1 aliphatic rings. The quantitative estimate of drug-likeness (QED) is 0.771. The molecule has 0 aliphatic carbocycles. The maximum Gasteiger partial charge on any atom is 0.170 e. The molecule has 0 bridgehead atoms. The summed E-state index contributed by atoms with van der Waals surface area (Å²) < 4.78 is 0. The number of ketones is 1. The molecule has 2 aromatic rings. The van der Waals surface area contributed by atoms with E-state index in [0.717, 1.165) is 24.1 Å². The molecule has 1 aliphatic heterocycles. The lowest BCUT2D eigenvalue weighted by atomic mass is 9.88. The third-order valence-electron chi connectivity index (χ3n) is 5.24. The Labute approximate surface area is 155 Å². The SMILES string of the molecule is O=C(c1ccc(Cl)cc1)[C@H](CC[NH+]1CCCCCC1)c1ccccc1. The zero-order valence-electron chi connectivity index (χ0n) is 14.7. The Balaban J connectivity index is 1.75. The zero-order chi connectivity index (χ0) is 17.5. The van der Waals surface area contributed by atoms with Crippen molar-refractivity contribution >= 4 is 17.4 Å². The van der Waals surface area contributed by atoms with Crippen molar-refractivity contribution in [3.63, 3.8) is 0 Å². The van der Waals surface area contributed by atoms with E-state index in [0.29, 0.717) is 5.02 Å². The van der Waals surface area contributed by atoms with Gasteiger partial charge in [-0.2, -0.15) is 0 Å². The Bertz CT molecular complexity index is 660. The van der Waals surface area contributed by atoms with Crippen LogP contribution in [0.4, 0.5) is 0 Å². The first-order chi connectivity index (χ1) is 12.2. The summed E-state index contributed by atoms with van der Waals surface area (Å²) in [5, 5.41) is 0.668. The standard InChI is InChI=1S/C22H26ClNO/c23-20-12-10-19(11-13-20)22(25)21(18-8-4-3-5-9-18)14-17-24-15-6-1-2-7-16-24/h3-5,8-13,21H,1-2,6-7,14-17H2/p+1/t21-/m1/s1. The molecule has 3 rings (SSSR count). The molecule has 132 valence electrons. The Hall–Kier alpha value is -1.64. The fraction of sp³-hybridized carbons (Fsp3) is 0.409. The second-order valence-corrected chi connectivity index (χ2v) is 7.47. The van der Waals surface area contributed by atoms with E-state index < -0.39 is 0 Å². The summed E-state index contributed by atoms with van der Waals surface area (Å²) in [5.41, 5.74) is 1.88. The average molecular weight is 357 g/mol. The van der Waals surface area contributed by atoms with Gasteiger partial charge in [0.25, 0.3) is 0 Å². The van der Waals surface area contributed by atoms with E-state index in [1.807, 2.05) is 30.3 Å². The van der Waals surface area contributed by atoms with Gasteiger partial charge in [-0.3, -0.25) is 4.79 Å². The normalized spacial score (nSPS) is 17.0. The molecule has 0 aromatic heterocycles. The summed E-state index contributed by atoms with van der Waals surface area (Å²) in [5.74, 6) is 0.134. The molecule has 25 heavy (non-hydrogen) atoms. The Morgan fingerprint density at radius 1 is 0.920 bits per heavy atom. The molecule has 1 heterocycles. The third kappa shape index (κ3) is 5.17. The van der Waals surface area contributed by atoms with Crippen molar-refractivity contribution in [3.05, 3.63) is 70.7 Å². The van der Waals surface area contributed by atoms with Crippen LogP contribution < -0.4 is 4.90 Å². The fourth-order valence-electron chi connectivity index (χ4n) is 3.78. The highest BCUT2D eigenvalue weighted by Crippen LogP contribution is 2.24. The van der Waals surface area contributed by atoms with E-state index >= 15 is 0 Å². The van der Waals surface area contributed by atoms with Crippen molar-refractivity contribution in [2.45, 2.75) is 38.0 Å². The monoisotopic (exact) mass is 356 g/mol. The smallest absolute Gasteiger partial charge is 0.170 e. The molecule has 0 saturated carbocycles. The molecule has 0 spiro atoms. The third-order valence-corrected chi connectivity index (χ3v) is 5.50. The first-order valence-electron chi connectivity index (χ1n) is 9.42. The van der Waals surface area contributed by atoms with Crippen LogP contribution in [0, 0.1) is 0 Å². The van der Waals surface area contributed by atoms with Crippen LogP contribution in [-0.2, 0) is 0 Å². The van der Waals surface area contributed by atoms with Gasteiger partial charge in [-0.1, -0.05) is 41.9 Å². The molecule has 0 unspecified atom stereocenters. The van der Waals surface area contributed by atoms with E-state index in [1.54, 1.807) is 17.0 Å². The van der Waals surface area contributed by atoms with Crippen LogP contribution in [0.5, 0.6) is 0 Å². The first kappa shape index (κ1) is 18.2. The molecule has 2 aromatic carbocycles. The number of nitrogens with one attached hydrogen (secondary N) is 1. The van der Waals surface area contributed by atoms with Crippen LogP contribution >= 0.6 is 11.6 Å². The van der Waals surface area contributed by atoms with Gasteiger partial charge >= 0.3 is 0 Å². The number of carbonyl (C=O) groups is 1. The van der Waals surface area contributed by atoms with Crippen molar-refractivity contribution in [3.8, 4) is 0 Å². The first-order valence-corrected chi connectivity index (χ1v) is 9.80. The van der Waals surface area contributed by atoms with Crippen LogP contribution in [0.15, 0.2) is 54.6 Å². The number of hydrogen-bond acceptors (Lipinski definition) is 1. The number of Topliss-reactive ketones (excluding diaryl/α,β-unsaturated/α-hetero) is 1. The number of halogens is 1. The molecule has 1 N–H and O–H groups in total. The fourth-order valence-corrected chi connectivity index (χ4v) is 3.90. The summed E-state index contributed by atoms with van der Waals surface area (Å²) in [7, 11) is 0. The molecule has 2 nitrogen and oxygen atoms in total. The van der Waals surface area contributed by atoms with E-state index in [1.165, 1.54) is 38.8 Å². The molecule has 1 atom stereocenters. The van der Waals surface area contributed by atoms with Gasteiger partial charge in [0.2, 0.25) is 0 Å². The van der Waals surface area contributed by atoms with Gasteiger partial charge in [0, 0.05) is 17.0 Å². The second kappa shape index (κ2) is 9.17. The number of quaternary nitrogens is 1. The number of rotatable bonds is 6. The van der Waals surface area contributed by atoms with Gasteiger partial charge in [-0.05, 0) is 55.5 Å². The van der Waals surface area contributed by atoms with Gasteiger partial charge in [0.1, 0.15) is 0 Å². The molecule has 1 fully saturated rings. The highest BCUT2D eigenvalue weighted by atomic mass is 35.5. The lowest BCUT2D eigenvalue weighted by Gasteiger charge is -2.21. The Morgan fingerprint density at radius 2 is 1.56 bits per heavy atom. The van der Waals surface area contributed by atoms with Crippen molar-refractivity contribution in [1.82, 2.24) is 0 Å². The summed E-state index contributed by atoms with van der Waals surface area (Å²) in [6, 6.07) is 17.5. The van der Waals surface area contributed by atoms with Gasteiger partial charge in [0.15, 0.2) is 5.78 Å². The molecular formula is C22H27ClNO+. The average Bonchev–Trinajstić information content (AvgIpc) is 2.92. The molecule has 0 radical (unpaired) electrons. The Kier molecular flexibility index (Phi) is 6.66. The summed E-state index contributed by atoms with van der Waals surface area (Å²) >= 11 is 5.98. The van der Waals surface area contributed by atoms with Crippen molar-refractivity contribution in [1.29, 1.82) is 0 Å². The minimum Gasteiger partial charge on any atom is -0.335 e. The van der Waals surface area contributed by atoms with E-state index in [9.17, 15) is 4.79 Å². The Morgan fingerprint density at radius 3 is 2.20 bits per heavy atom. The van der Waals surface area contributed by atoms with Crippen LogP contribution in [-0.4, -0.2) is 25.4 Å². The lowest BCUT2D eigenvalue weighted by molar-refractivity contribution is -0.899. The molecule has 1 saturated heterocycles. The minimum absolute atomic E-state index is 0.0712. The van der Waals surface area contributed by atoms with E-state index in [2.05, 4.69) is 12.1 Å².